The molecule has 3 amide bonds. The maximum atomic E-state index is 12.6. The predicted octanol–water partition coefficient (Wildman–Crippen LogP) is 2.79. The van der Waals surface area contributed by atoms with Crippen molar-refractivity contribution in [3.05, 3.63) is 36.4 Å². The highest BCUT2D eigenvalue weighted by Crippen LogP contribution is 2.29. The van der Waals surface area contributed by atoms with E-state index < -0.39 is 0 Å². The number of ether oxygens (including phenoxy) is 1. The van der Waals surface area contributed by atoms with Crippen molar-refractivity contribution < 1.29 is 14.3 Å². The van der Waals surface area contributed by atoms with E-state index in [4.69, 9.17) is 4.74 Å². The molecule has 0 radical (unpaired) electrons. The van der Waals surface area contributed by atoms with Crippen molar-refractivity contribution in [1.82, 2.24) is 14.9 Å². The molecule has 1 aromatic carbocycles. The lowest BCUT2D eigenvalue weighted by Crippen LogP contribution is -2.41. The van der Waals surface area contributed by atoms with Gasteiger partial charge in [0, 0.05) is 50.1 Å². The van der Waals surface area contributed by atoms with Crippen molar-refractivity contribution in [2.75, 3.05) is 30.8 Å². The summed E-state index contributed by atoms with van der Waals surface area (Å²) in [6, 6.07) is 4.98. The van der Waals surface area contributed by atoms with Gasteiger partial charge in [-0.25, -0.2) is 9.78 Å². The molecule has 0 spiro atoms. The molecule has 1 saturated heterocycles. The van der Waals surface area contributed by atoms with E-state index in [2.05, 4.69) is 20.6 Å². The maximum absolute atomic E-state index is 12.6. The molecule has 2 aromatic rings. The summed E-state index contributed by atoms with van der Waals surface area (Å²) in [5.41, 5.74) is 1.18. The Kier molecular flexibility index (Phi) is 5.40. The van der Waals surface area contributed by atoms with Gasteiger partial charge in [-0.3, -0.25) is 4.79 Å². The van der Waals surface area contributed by atoms with Crippen molar-refractivity contribution in [1.29, 1.82) is 0 Å². The van der Waals surface area contributed by atoms with Gasteiger partial charge in [0.2, 0.25) is 5.91 Å². The van der Waals surface area contributed by atoms with Crippen LogP contribution in [0.2, 0.25) is 0 Å². The average Bonchev–Trinajstić information content (AvgIpc) is 3.17. The number of carbonyl (C=O) groups is 2. The molecule has 26 heavy (non-hydrogen) atoms. The van der Waals surface area contributed by atoms with Crippen LogP contribution >= 0.6 is 0 Å². The zero-order chi connectivity index (χ0) is 18.5. The van der Waals surface area contributed by atoms with Gasteiger partial charge in [0.15, 0.2) is 0 Å². The fourth-order valence-corrected chi connectivity index (χ4v) is 3.15. The second-order valence-electron chi connectivity index (χ2n) is 6.29. The lowest BCUT2D eigenvalue weighted by atomic mass is 9.98. The summed E-state index contributed by atoms with van der Waals surface area (Å²) in [5, 5.41) is 5.59. The number of nitrogens with zero attached hydrogens (tertiary/aromatic N) is 2. The highest BCUT2D eigenvalue weighted by atomic mass is 16.5. The summed E-state index contributed by atoms with van der Waals surface area (Å²) in [6.45, 7) is 2.77. The zero-order valence-electron chi connectivity index (χ0n) is 14.9. The van der Waals surface area contributed by atoms with Gasteiger partial charge in [-0.05, 0) is 25.0 Å². The number of anilines is 2. The van der Waals surface area contributed by atoms with E-state index in [1.807, 2.05) is 0 Å². The first-order valence-electron chi connectivity index (χ1n) is 8.57. The van der Waals surface area contributed by atoms with Gasteiger partial charge in [0.05, 0.1) is 12.8 Å². The number of aromatic nitrogens is 2. The lowest BCUT2D eigenvalue weighted by molar-refractivity contribution is -0.114. The van der Waals surface area contributed by atoms with E-state index in [1.165, 1.54) is 14.0 Å². The van der Waals surface area contributed by atoms with E-state index in [0.29, 0.717) is 30.2 Å². The van der Waals surface area contributed by atoms with Crippen LogP contribution in [-0.2, 0) is 4.79 Å². The number of carbonyl (C=O) groups excluding carboxylic acids is 2. The van der Waals surface area contributed by atoms with E-state index in [0.717, 1.165) is 18.7 Å². The lowest BCUT2D eigenvalue weighted by Gasteiger charge is -2.31. The van der Waals surface area contributed by atoms with Crippen LogP contribution in [0.3, 0.4) is 0 Å². The number of urea groups is 1. The van der Waals surface area contributed by atoms with Crippen LogP contribution in [0.5, 0.6) is 5.75 Å². The molecule has 0 aliphatic carbocycles. The number of amides is 3. The molecule has 8 heteroatoms. The molecule has 0 saturated carbocycles. The molecule has 1 aliphatic heterocycles. The Morgan fingerprint density at radius 1 is 1.35 bits per heavy atom. The molecule has 3 N–H and O–H groups in total. The molecule has 3 rings (SSSR count). The number of hydrogen-bond donors (Lipinski definition) is 3. The molecule has 138 valence electrons. The highest BCUT2D eigenvalue weighted by molar-refractivity contribution is 5.93. The number of imidazole rings is 1. The molecule has 1 atom stereocenters. The standard InChI is InChI=1S/C18H23N5O3/c1-12(24)21-15-6-5-14(10-16(15)26-2)22-18(25)23-9-3-4-13(11-23)17-19-7-8-20-17/h5-8,10,13H,3-4,9,11H2,1-2H3,(H,19,20)(H,21,24)(H,22,25). The van der Waals surface area contributed by atoms with Gasteiger partial charge < -0.3 is 25.3 Å². The number of rotatable bonds is 4. The topological polar surface area (TPSA) is 99.3 Å². The first-order chi connectivity index (χ1) is 12.6. The second-order valence-corrected chi connectivity index (χ2v) is 6.29. The Hall–Kier alpha value is -3.03. The van der Waals surface area contributed by atoms with Crippen molar-refractivity contribution in [3.63, 3.8) is 0 Å². The summed E-state index contributed by atoms with van der Waals surface area (Å²) in [7, 11) is 1.52. The fourth-order valence-electron chi connectivity index (χ4n) is 3.15. The molecular weight excluding hydrogens is 334 g/mol. The predicted molar refractivity (Wildman–Crippen MR) is 98.5 cm³/mol. The van der Waals surface area contributed by atoms with Crippen LogP contribution in [0.1, 0.15) is 31.5 Å². The molecule has 1 fully saturated rings. The van der Waals surface area contributed by atoms with Crippen LogP contribution in [0.15, 0.2) is 30.6 Å². The van der Waals surface area contributed by atoms with Gasteiger partial charge in [-0.1, -0.05) is 0 Å². The molecule has 1 unspecified atom stereocenters. The Balaban J connectivity index is 1.66. The first kappa shape index (κ1) is 17.8. The number of H-pyrrole nitrogens is 1. The minimum absolute atomic E-state index is 0.157. The van der Waals surface area contributed by atoms with Crippen LogP contribution in [0, 0.1) is 0 Å². The number of likely N-dealkylation sites (tertiary alicyclic amines) is 1. The first-order valence-corrected chi connectivity index (χ1v) is 8.57. The summed E-state index contributed by atoms with van der Waals surface area (Å²) < 4.78 is 5.29. The van der Waals surface area contributed by atoms with Crippen LogP contribution in [-0.4, -0.2) is 47.0 Å². The zero-order valence-corrected chi connectivity index (χ0v) is 14.9. The summed E-state index contributed by atoms with van der Waals surface area (Å²) in [4.78, 5) is 33.1. The SMILES string of the molecule is COc1cc(NC(=O)N2CCCC(c3ncc[nH]3)C2)ccc1NC(C)=O. The Bertz CT molecular complexity index is 775. The number of hydrogen-bond acceptors (Lipinski definition) is 4. The Morgan fingerprint density at radius 3 is 2.88 bits per heavy atom. The van der Waals surface area contributed by atoms with Gasteiger partial charge in [0.25, 0.3) is 0 Å². The van der Waals surface area contributed by atoms with Gasteiger partial charge in [0.1, 0.15) is 11.6 Å². The van der Waals surface area contributed by atoms with Crippen LogP contribution < -0.4 is 15.4 Å². The van der Waals surface area contributed by atoms with Gasteiger partial charge in [-0.15, -0.1) is 0 Å². The monoisotopic (exact) mass is 357 g/mol. The molecule has 1 aliphatic rings. The number of nitrogens with one attached hydrogen (secondary N) is 3. The molecule has 8 nitrogen and oxygen atoms in total. The van der Waals surface area contributed by atoms with E-state index in [1.54, 1.807) is 35.5 Å². The van der Waals surface area contributed by atoms with Crippen molar-refractivity contribution in [2.24, 2.45) is 0 Å². The van der Waals surface area contributed by atoms with Gasteiger partial charge in [-0.2, -0.15) is 0 Å². The number of benzene rings is 1. The number of methoxy groups -OCH3 is 1. The minimum atomic E-state index is -0.183. The third-order valence-electron chi connectivity index (χ3n) is 4.38. The Morgan fingerprint density at radius 2 is 2.19 bits per heavy atom. The largest absolute Gasteiger partial charge is 0.494 e. The number of aromatic amines is 1. The second kappa shape index (κ2) is 7.90. The summed E-state index contributed by atoms with van der Waals surface area (Å²) >= 11 is 0. The van der Waals surface area contributed by atoms with E-state index >= 15 is 0 Å². The highest BCUT2D eigenvalue weighted by Gasteiger charge is 2.26. The quantitative estimate of drug-likeness (QED) is 0.783. The number of piperidine rings is 1. The maximum Gasteiger partial charge on any atom is 0.321 e. The minimum Gasteiger partial charge on any atom is -0.494 e. The molecule has 2 heterocycles. The van der Waals surface area contributed by atoms with Crippen molar-refractivity contribution in [2.45, 2.75) is 25.7 Å². The molecule has 1 aromatic heterocycles. The normalized spacial score (nSPS) is 16.8. The summed E-state index contributed by atoms with van der Waals surface area (Å²) in [5.74, 6) is 1.45. The van der Waals surface area contributed by atoms with Crippen molar-refractivity contribution in [3.8, 4) is 5.75 Å². The fraction of sp³-hybridized carbons (Fsp3) is 0.389. The van der Waals surface area contributed by atoms with Crippen molar-refractivity contribution >= 4 is 23.3 Å². The van der Waals surface area contributed by atoms with Gasteiger partial charge >= 0.3 is 6.03 Å². The van der Waals surface area contributed by atoms with Crippen LogP contribution in [0.25, 0.3) is 0 Å². The van der Waals surface area contributed by atoms with E-state index in [-0.39, 0.29) is 17.9 Å². The van der Waals surface area contributed by atoms with E-state index in [9.17, 15) is 9.59 Å². The third kappa shape index (κ3) is 4.14. The average molecular weight is 357 g/mol. The smallest absolute Gasteiger partial charge is 0.321 e. The Labute approximate surface area is 151 Å². The van der Waals surface area contributed by atoms with Crippen LogP contribution in [0.4, 0.5) is 16.2 Å². The summed E-state index contributed by atoms with van der Waals surface area (Å²) in [6.07, 6.45) is 5.48. The third-order valence-corrected chi connectivity index (χ3v) is 4.38. The molecule has 0 bridgehead atoms. The molecular formula is C18H23N5O3.